The van der Waals surface area contributed by atoms with E-state index in [-0.39, 0.29) is 12.1 Å². The van der Waals surface area contributed by atoms with Crippen molar-refractivity contribution in [3.8, 4) is 0 Å². The molecule has 2 amide bonds. The molecule has 0 radical (unpaired) electrons. The molecule has 0 aliphatic carbocycles. The van der Waals surface area contributed by atoms with Gasteiger partial charge in [-0.1, -0.05) is 6.92 Å². The maximum absolute atomic E-state index is 12.1. The fourth-order valence-electron chi connectivity index (χ4n) is 2.26. The third kappa shape index (κ3) is 4.86. The number of carboxylic acids is 1. The Balaban J connectivity index is 2.53. The van der Waals surface area contributed by atoms with Crippen molar-refractivity contribution in [2.75, 3.05) is 32.2 Å². The van der Waals surface area contributed by atoms with Crippen LogP contribution in [0.15, 0.2) is 0 Å². The normalized spacial score (nSPS) is 24.2. The number of rotatable bonds is 6. The van der Waals surface area contributed by atoms with Gasteiger partial charge in [-0.05, 0) is 30.8 Å². The van der Waals surface area contributed by atoms with Crippen LogP contribution < -0.4 is 5.32 Å². The summed E-state index contributed by atoms with van der Waals surface area (Å²) in [5.41, 5.74) is 0. The van der Waals surface area contributed by atoms with E-state index in [9.17, 15) is 9.59 Å². The number of aliphatic carboxylic acids is 1. The highest BCUT2D eigenvalue weighted by atomic mass is 32.2. The first kappa shape index (κ1) is 17.1. The van der Waals surface area contributed by atoms with Crippen LogP contribution in [0.1, 0.15) is 19.8 Å². The Morgan fingerprint density at radius 1 is 1.55 bits per heavy atom. The molecule has 6 nitrogen and oxygen atoms in total. The molecule has 1 aliphatic rings. The highest BCUT2D eigenvalue weighted by Crippen LogP contribution is 2.19. The molecule has 116 valence electrons. The average molecular weight is 304 g/mol. The van der Waals surface area contributed by atoms with E-state index in [0.29, 0.717) is 31.2 Å². The Morgan fingerprint density at radius 3 is 2.80 bits per heavy atom. The Hall–Kier alpha value is -0.950. The van der Waals surface area contributed by atoms with Gasteiger partial charge in [-0.3, -0.25) is 0 Å². The molecular weight excluding hydrogens is 280 g/mol. The fourth-order valence-corrected chi connectivity index (χ4v) is 2.73. The molecule has 0 aromatic heterocycles. The summed E-state index contributed by atoms with van der Waals surface area (Å²) in [7, 11) is 1.64. The van der Waals surface area contributed by atoms with Crippen LogP contribution in [0.5, 0.6) is 0 Å². The van der Waals surface area contributed by atoms with Crippen molar-refractivity contribution < 1.29 is 19.4 Å². The number of carboxylic acid groups (broad SMARTS) is 1. The summed E-state index contributed by atoms with van der Waals surface area (Å²) in [6, 6.07) is -1.14. The Kier molecular flexibility index (Phi) is 7.15. The Morgan fingerprint density at radius 2 is 2.25 bits per heavy atom. The van der Waals surface area contributed by atoms with Crippen LogP contribution in [0.3, 0.4) is 0 Å². The van der Waals surface area contributed by atoms with Crippen LogP contribution in [0.4, 0.5) is 4.79 Å². The summed E-state index contributed by atoms with van der Waals surface area (Å²) >= 11 is 1.57. The van der Waals surface area contributed by atoms with Gasteiger partial charge in [-0.2, -0.15) is 11.8 Å². The summed E-state index contributed by atoms with van der Waals surface area (Å²) in [6.07, 6.45) is 3.23. The lowest BCUT2D eigenvalue weighted by molar-refractivity contribution is -0.139. The summed E-state index contributed by atoms with van der Waals surface area (Å²) in [5.74, 6) is 0.131. The van der Waals surface area contributed by atoms with Gasteiger partial charge in [0, 0.05) is 20.2 Å². The first-order chi connectivity index (χ1) is 9.49. The highest BCUT2D eigenvalue weighted by molar-refractivity contribution is 7.98. The van der Waals surface area contributed by atoms with Crippen LogP contribution in [0.2, 0.25) is 0 Å². The van der Waals surface area contributed by atoms with E-state index in [1.165, 1.54) is 0 Å². The predicted molar refractivity (Wildman–Crippen MR) is 79.1 cm³/mol. The van der Waals surface area contributed by atoms with Crippen LogP contribution in [-0.4, -0.2) is 66.4 Å². The van der Waals surface area contributed by atoms with Crippen molar-refractivity contribution in [1.29, 1.82) is 0 Å². The number of nitrogens with zero attached hydrogens (tertiary/aromatic N) is 1. The van der Waals surface area contributed by atoms with Crippen molar-refractivity contribution >= 4 is 23.8 Å². The molecule has 3 atom stereocenters. The summed E-state index contributed by atoms with van der Waals surface area (Å²) in [4.78, 5) is 24.9. The van der Waals surface area contributed by atoms with E-state index in [0.717, 1.165) is 6.42 Å². The topological polar surface area (TPSA) is 78.9 Å². The number of hydrogen-bond acceptors (Lipinski definition) is 4. The number of hydrogen-bond donors (Lipinski definition) is 2. The lowest BCUT2D eigenvalue weighted by Gasteiger charge is -2.36. The van der Waals surface area contributed by atoms with Gasteiger partial charge in [0.1, 0.15) is 6.04 Å². The zero-order valence-electron chi connectivity index (χ0n) is 12.3. The van der Waals surface area contributed by atoms with Gasteiger partial charge < -0.3 is 20.1 Å². The van der Waals surface area contributed by atoms with E-state index in [1.807, 2.05) is 6.26 Å². The van der Waals surface area contributed by atoms with E-state index < -0.39 is 12.0 Å². The van der Waals surface area contributed by atoms with E-state index in [2.05, 4.69) is 12.2 Å². The summed E-state index contributed by atoms with van der Waals surface area (Å²) in [5, 5.41) is 11.7. The highest BCUT2D eigenvalue weighted by Gasteiger charge is 2.30. The second-order valence-corrected chi connectivity index (χ2v) is 6.09. The van der Waals surface area contributed by atoms with E-state index in [4.69, 9.17) is 9.84 Å². The minimum atomic E-state index is -0.985. The van der Waals surface area contributed by atoms with Crippen LogP contribution in [-0.2, 0) is 9.53 Å². The average Bonchev–Trinajstić information content (AvgIpc) is 2.43. The number of methoxy groups -OCH3 is 1. The van der Waals surface area contributed by atoms with Crippen molar-refractivity contribution in [1.82, 2.24) is 10.2 Å². The van der Waals surface area contributed by atoms with Gasteiger partial charge in [0.05, 0.1) is 6.10 Å². The zero-order chi connectivity index (χ0) is 15.1. The van der Waals surface area contributed by atoms with Gasteiger partial charge in [0.2, 0.25) is 0 Å². The molecule has 1 rings (SSSR count). The summed E-state index contributed by atoms with van der Waals surface area (Å²) in [6.45, 7) is 3.25. The standard InChI is InChI=1S/C13H24N2O4S/c1-9-4-6-15(8-11(9)19-2)13(18)14-10(12(16)17)5-7-20-3/h9-11H,4-8H2,1-3H3,(H,14,18)(H,16,17)/t9?,10-,11?/m0/s1. The quantitative estimate of drug-likeness (QED) is 0.772. The molecule has 1 heterocycles. The van der Waals surface area contributed by atoms with E-state index in [1.54, 1.807) is 23.8 Å². The molecular formula is C13H24N2O4S. The minimum absolute atomic E-state index is 0.0176. The molecule has 1 aliphatic heterocycles. The largest absolute Gasteiger partial charge is 0.480 e. The number of urea groups is 1. The molecule has 0 aromatic carbocycles. The summed E-state index contributed by atoms with van der Waals surface area (Å²) < 4.78 is 5.36. The Bertz CT molecular complexity index is 340. The number of piperidine rings is 1. The molecule has 1 fully saturated rings. The van der Waals surface area contributed by atoms with Gasteiger partial charge in [0.15, 0.2) is 0 Å². The number of carbonyl (C=O) groups is 2. The Labute approximate surface area is 124 Å². The molecule has 0 spiro atoms. The first-order valence-corrected chi connectivity index (χ1v) is 8.19. The maximum Gasteiger partial charge on any atom is 0.326 e. The molecule has 2 N–H and O–H groups in total. The number of thioether (sulfide) groups is 1. The fraction of sp³-hybridized carbons (Fsp3) is 0.846. The zero-order valence-corrected chi connectivity index (χ0v) is 13.1. The van der Waals surface area contributed by atoms with Crippen molar-refractivity contribution in [3.63, 3.8) is 0 Å². The lowest BCUT2D eigenvalue weighted by atomic mass is 9.96. The van der Waals surface area contributed by atoms with Crippen molar-refractivity contribution in [2.24, 2.45) is 5.92 Å². The molecule has 1 saturated heterocycles. The van der Waals surface area contributed by atoms with Gasteiger partial charge in [0.25, 0.3) is 0 Å². The molecule has 0 bridgehead atoms. The number of likely N-dealkylation sites (tertiary alicyclic amines) is 1. The van der Waals surface area contributed by atoms with Crippen molar-refractivity contribution in [2.45, 2.75) is 31.9 Å². The monoisotopic (exact) mass is 304 g/mol. The van der Waals surface area contributed by atoms with Crippen LogP contribution in [0, 0.1) is 5.92 Å². The lowest BCUT2D eigenvalue weighted by Crippen LogP contribution is -2.53. The molecule has 2 unspecified atom stereocenters. The second-order valence-electron chi connectivity index (χ2n) is 5.11. The van der Waals surface area contributed by atoms with E-state index >= 15 is 0 Å². The number of amides is 2. The minimum Gasteiger partial charge on any atom is -0.480 e. The maximum atomic E-state index is 12.1. The molecule has 0 aromatic rings. The second kappa shape index (κ2) is 8.36. The molecule has 0 saturated carbocycles. The third-order valence-electron chi connectivity index (χ3n) is 3.69. The number of carbonyl (C=O) groups excluding carboxylic acids is 1. The SMILES string of the molecule is COC1CN(C(=O)N[C@@H](CCSC)C(=O)O)CCC1C. The molecule has 7 heteroatoms. The van der Waals surface area contributed by atoms with Gasteiger partial charge in [-0.15, -0.1) is 0 Å². The van der Waals surface area contributed by atoms with Gasteiger partial charge >= 0.3 is 12.0 Å². The van der Waals surface area contributed by atoms with Crippen LogP contribution >= 0.6 is 11.8 Å². The number of ether oxygens (including phenoxy) is 1. The van der Waals surface area contributed by atoms with Crippen LogP contribution in [0.25, 0.3) is 0 Å². The third-order valence-corrected chi connectivity index (χ3v) is 4.33. The predicted octanol–water partition coefficient (Wildman–Crippen LogP) is 1.26. The first-order valence-electron chi connectivity index (χ1n) is 6.79. The smallest absolute Gasteiger partial charge is 0.326 e. The van der Waals surface area contributed by atoms with Crippen molar-refractivity contribution in [3.05, 3.63) is 0 Å². The van der Waals surface area contributed by atoms with Gasteiger partial charge in [-0.25, -0.2) is 9.59 Å². The number of nitrogens with one attached hydrogen (secondary N) is 1. The molecule has 20 heavy (non-hydrogen) atoms.